The SMILES string of the molecule is CC[C@H](COC)NC(=O)c1cccc(S(=O)(=O)N(C)CC(=O)NC)c1. The number of sulfonamides is 1. The Hall–Kier alpha value is -1.97. The molecule has 140 valence electrons. The first-order valence-electron chi connectivity index (χ1n) is 7.83. The van der Waals surface area contributed by atoms with Gasteiger partial charge in [-0.2, -0.15) is 4.31 Å². The Morgan fingerprint density at radius 2 is 2.00 bits per heavy atom. The van der Waals surface area contributed by atoms with Crippen LogP contribution in [-0.2, 0) is 19.6 Å². The standard InChI is InChI=1S/C16H25N3O5S/c1-5-13(11-24-4)18-16(21)12-7-6-8-14(9-12)25(22,23)19(3)10-15(20)17-2/h6-9,13H,5,10-11H2,1-4H3,(H,17,20)(H,18,21)/t13-/m1/s1. The molecule has 0 aromatic heterocycles. The third-order valence-corrected chi connectivity index (χ3v) is 5.44. The van der Waals surface area contributed by atoms with E-state index in [-0.39, 0.29) is 29.0 Å². The summed E-state index contributed by atoms with van der Waals surface area (Å²) in [5, 5.41) is 5.16. The number of carbonyl (C=O) groups is 2. The van der Waals surface area contributed by atoms with E-state index < -0.39 is 15.9 Å². The number of methoxy groups -OCH3 is 1. The highest BCUT2D eigenvalue weighted by molar-refractivity contribution is 7.89. The smallest absolute Gasteiger partial charge is 0.251 e. The molecule has 0 spiro atoms. The maximum atomic E-state index is 12.5. The number of nitrogens with one attached hydrogen (secondary N) is 2. The highest BCUT2D eigenvalue weighted by Crippen LogP contribution is 2.16. The molecule has 1 aromatic carbocycles. The Labute approximate surface area is 148 Å². The lowest BCUT2D eigenvalue weighted by molar-refractivity contribution is -0.120. The third kappa shape index (κ3) is 5.80. The monoisotopic (exact) mass is 371 g/mol. The molecule has 0 fully saturated rings. The molecule has 0 radical (unpaired) electrons. The summed E-state index contributed by atoms with van der Waals surface area (Å²) in [4.78, 5) is 23.7. The van der Waals surface area contributed by atoms with Crippen molar-refractivity contribution < 1.29 is 22.7 Å². The van der Waals surface area contributed by atoms with E-state index in [1.165, 1.54) is 38.4 Å². The minimum absolute atomic E-state index is 0.0497. The lowest BCUT2D eigenvalue weighted by atomic mass is 10.2. The van der Waals surface area contributed by atoms with E-state index in [2.05, 4.69) is 10.6 Å². The summed E-state index contributed by atoms with van der Waals surface area (Å²) in [6, 6.07) is 5.55. The fourth-order valence-electron chi connectivity index (χ4n) is 2.08. The van der Waals surface area contributed by atoms with Crippen LogP contribution in [0.5, 0.6) is 0 Å². The molecule has 2 amide bonds. The van der Waals surface area contributed by atoms with Gasteiger partial charge in [-0.15, -0.1) is 0 Å². The van der Waals surface area contributed by atoms with Gasteiger partial charge in [0.25, 0.3) is 5.91 Å². The Bertz CT molecular complexity index is 705. The number of likely N-dealkylation sites (N-methyl/N-ethyl adjacent to an activating group) is 2. The molecule has 0 aliphatic rings. The van der Waals surface area contributed by atoms with Gasteiger partial charge in [0.05, 0.1) is 24.1 Å². The van der Waals surface area contributed by atoms with E-state index in [4.69, 9.17) is 4.74 Å². The van der Waals surface area contributed by atoms with Crippen LogP contribution in [0.1, 0.15) is 23.7 Å². The van der Waals surface area contributed by atoms with Crippen molar-refractivity contribution in [3.05, 3.63) is 29.8 Å². The summed E-state index contributed by atoms with van der Waals surface area (Å²) >= 11 is 0. The topological polar surface area (TPSA) is 105 Å². The summed E-state index contributed by atoms with van der Waals surface area (Å²) in [6.07, 6.45) is 0.687. The van der Waals surface area contributed by atoms with Crippen molar-refractivity contribution in [2.45, 2.75) is 24.3 Å². The van der Waals surface area contributed by atoms with E-state index in [0.717, 1.165) is 4.31 Å². The first-order chi connectivity index (χ1) is 11.8. The molecular weight excluding hydrogens is 346 g/mol. The zero-order chi connectivity index (χ0) is 19.0. The van der Waals surface area contributed by atoms with E-state index >= 15 is 0 Å². The number of hydrogen-bond acceptors (Lipinski definition) is 5. The molecule has 8 nitrogen and oxygen atoms in total. The third-order valence-electron chi connectivity index (χ3n) is 3.65. The largest absolute Gasteiger partial charge is 0.383 e. The second-order valence-electron chi connectivity index (χ2n) is 5.50. The van der Waals surface area contributed by atoms with Crippen molar-refractivity contribution in [1.29, 1.82) is 0 Å². The summed E-state index contributed by atoms with van der Waals surface area (Å²) in [5.74, 6) is -0.805. The average molecular weight is 371 g/mol. The molecule has 2 N–H and O–H groups in total. The summed E-state index contributed by atoms with van der Waals surface area (Å²) in [5.41, 5.74) is 0.226. The Balaban J connectivity index is 3.00. The molecule has 9 heteroatoms. The van der Waals surface area contributed by atoms with Crippen molar-refractivity contribution >= 4 is 21.8 Å². The molecule has 0 aliphatic heterocycles. The molecule has 1 atom stereocenters. The second kappa shape index (κ2) is 9.50. The van der Waals surface area contributed by atoms with Gasteiger partial charge in [0, 0.05) is 26.8 Å². The van der Waals surface area contributed by atoms with Crippen molar-refractivity contribution in [3.63, 3.8) is 0 Å². The number of carbonyl (C=O) groups excluding carboxylic acids is 2. The first-order valence-corrected chi connectivity index (χ1v) is 9.27. The van der Waals surface area contributed by atoms with Crippen LogP contribution < -0.4 is 10.6 Å². The first kappa shape index (κ1) is 21.1. The molecule has 25 heavy (non-hydrogen) atoms. The molecule has 0 bridgehead atoms. The number of rotatable bonds is 9. The van der Waals surface area contributed by atoms with Gasteiger partial charge < -0.3 is 15.4 Å². The summed E-state index contributed by atoms with van der Waals surface area (Å²) in [6.45, 7) is 1.98. The molecule has 1 aromatic rings. The van der Waals surface area contributed by atoms with Crippen molar-refractivity contribution in [2.24, 2.45) is 0 Å². The van der Waals surface area contributed by atoms with Gasteiger partial charge in [0.1, 0.15) is 0 Å². The van der Waals surface area contributed by atoms with Gasteiger partial charge in [0.2, 0.25) is 15.9 Å². The van der Waals surface area contributed by atoms with Gasteiger partial charge in [-0.1, -0.05) is 13.0 Å². The van der Waals surface area contributed by atoms with Crippen molar-refractivity contribution in [3.8, 4) is 0 Å². The predicted molar refractivity (Wildman–Crippen MR) is 93.7 cm³/mol. The minimum Gasteiger partial charge on any atom is -0.383 e. The van der Waals surface area contributed by atoms with Crippen molar-refractivity contribution in [1.82, 2.24) is 14.9 Å². The number of ether oxygens (including phenoxy) is 1. The van der Waals surface area contributed by atoms with Crippen LogP contribution in [0.25, 0.3) is 0 Å². The average Bonchev–Trinajstić information content (AvgIpc) is 2.60. The zero-order valence-electron chi connectivity index (χ0n) is 14.9. The van der Waals surface area contributed by atoms with Crippen LogP contribution in [-0.4, -0.2) is 64.9 Å². The molecule has 0 heterocycles. The highest BCUT2D eigenvalue weighted by atomic mass is 32.2. The molecular formula is C16H25N3O5S. The van der Waals surface area contributed by atoms with Crippen molar-refractivity contribution in [2.75, 3.05) is 34.4 Å². The van der Waals surface area contributed by atoms with Crippen LogP contribution in [0.15, 0.2) is 29.2 Å². The fraction of sp³-hybridized carbons (Fsp3) is 0.500. The Morgan fingerprint density at radius 1 is 1.32 bits per heavy atom. The number of nitrogens with zero attached hydrogens (tertiary/aromatic N) is 1. The Morgan fingerprint density at radius 3 is 2.56 bits per heavy atom. The van der Waals surface area contributed by atoms with Gasteiger partial charge in [-0.05, 0) is 24.6 Å². The fourth-order valence-corrected chi connectivity index (χ4v) is 3.25. The molecule has 0 saturated carbocycles. The van der Waals surface area contributed by atoms with Gasteiger partial charge in [-0.3, -0.25) is 9.59 Å². The summed E-state index contributed by atoms with van der Waals surface area (Å²) < 4.78 is 31.0. The second-order valence-corrected chi connectivity index (χ2v) is 7.54. The van der Waals surface area contributed by atoms with E-state index in [9.17, 15) is 18.0 Å². The highest BCUT2D eigenvalue weighted by Gasteiger charge is 2.24. The minimum atomic E-state index is -3.88. The number of amides is 2. The lowest BCUT2D eigenvalue weighted by Gasteiger charge is -2.18. The lowest BCUT2D eigenvalue weighted by Crippen LogP contribution is -2.38. The number of hydrogen-bond donors (Lipinski definition) is 2. The molecule has 1 rings (SSSR count). The maximum absolute atomic E-state index is 12.5. The summed E-state index contributed by atoms with van der Waals surface area (Å²) in [7, 11) is 0.406. The van der Waals surface area contributed by atoms with Crippen LogP contribution >= 0.6 is 0 Å². The van der Waals surface area contributed by atoms with Gasteiger partial charge in [0.15, 0.2) is 0 Å². The quantitative estimate of drug-likeness (QED) is 0.646. The van der Waals surface area contributed by atoms with E-state index in [1.807, 2.05) is 6.92 Å². The molecule has 0 unspecified atom stereocenters. The van der Waals surface area contributed by atoms with E-state index in [1.54, 1.807) is 7.11 Å². The van der Waals surface area contributed by atoms with Crippen LogP contribution in [0, 0.1) is 0 Å². The van der Waals surface area contributed by atoms with E-state index in [0.29, 0.717) is 13.0 Å². The van der Waals surface area contributed by atoms with Crippen LogP contribution in [0.2, 0.25) is 0 Å². The van der Waals surface area contributed by atoms with Crippen LogP contribution in [0.4, 0.5) is 0 Å². The molecule has 0 saturated heterocycles. The van der Waals surface area contributed by atoms with Gasteiger partial charge in [-0.25, -0.2) is 8.42 Å². The van der Waals surface area contributed by atoms with Crippen LogP contribution in [0.3, 0.4) is 0 Å². The zero-order valence-corrected chi connectivity index (χ0v) is 15.7. The predicted octanol–water partition coefficient (Wildman–Crippen LogP) is 0.208. The maximum Gasteiger partial charge on any atom is 0.251 e. The molecule has 0 aliphatic carbocycles. The Kier molecular flexibility index (Phi) is 8.01. The number of benzene rings is 1. The normalized spacial score (nSPS) is 12.7. The van der Waals surface area contributed by atoms with Gasteiger partial charge >= 0.3 is 0 Å².